The van der Waals surface area contributed by atoms with Gasteiger partial charge in [-0.25, -0.2) is 9.97 Å². The van der Waals surface area contributed by atoms with Gasteiger partial charge in [0.1, 0.15) is 11.6 Å². The van der Waals surface area contributed by atoms with E-state index in [9.17, 15) is 4.79 Å². The Morgan fingerprint density at radius 3 is 3.00 bits per heavy atom. The summed E-state index contributed by atoms with van der Waals surface area (Å²) in [5.41, 5.74) is 2.91. The van der Waals surface area contributed by atoms with Gasteiger partial charge in [-0.15, -0.1) is 0 Å². The number of rotatable bonds is 6. The zero-order valence-electron chi connectivity index (χ0n) is 16.9. The molecule has 1 aliphatic heterocycles. The van der Waals surface area contributed by atoms with E-state index in [2.05, 4.69) is 15.3 Å². The van der Waals surface area contributed by atoms with Crippen LogP contribution in [-0.4, -0.2) is 32.3 Å². The number of carbonyl (C=O) groups excluding carboxylic acids is 1. The van der Waals surface area contributed by atoms with Crippen molar-refractivity contribution in [2.45, 2.75) is 38.6 Å². The first-order chi connectivity index (χ1) is 14.6. The van der Waals surface area contributed by atoms with Gasteiger partial charge in [-0.3, -0.25) is 9.78 Å². The van der Waals surface area contributed by atoms with Gasteiger partial charge in [0.05, 0.1) is 24.1 Å². The molecule has 0 bridgehead atoms. The molecule has 3 aromatic rings. The lowest BCUT2D eigenvalue weighted by Gasteiger charge is -2.24. The number of aromatic nitrogens is 3. The van der Waals surface area contributed by atoms with Crippen molar-refractivity contribution >= 4 is 29.1 Å². The van der Waals surface area contributed by atoms with Crippen LogP contribution in [0.3, 0.4) is 0 Å². The second-order valence-electron chi connectivity index (χ2n) is 7.50. The van der Waals surface area contributed by atoms with Crippen LogP contribution in [0.4, 0.5) is 11.6 Å². The summed E-state index contributed by atoms with van der Waals surface area (Å²) in [6.07, 6.45) is 8.16. The molecule has 1 amide bonds. The highest BCUT2D eigenvalue weighted by Gasteiger charge is 2.31. The number of nitrogens with one attached hydrogen (secondary N) is 1. The number of hydrogen-bond acceptors (Lipinski definition) is 5. The number of amides is 1. The fourth-order valence-electron chi connectivity index (χ4n) is 3.80. The second-order valence-corrected chi connectivity index (χ2v) is 7.93. The van der Waals surface area contributed by atoms with Gasteiger partial charge in [-0.2, -0.15) is 0 Å². The van der Waals surface area contributed by atoms with Gasteiger partial charge in [-0.05, 0) is 55.5 Å². The minimum absolute atomic E-state index is 0.0454. The summed E-state index contributed by atoms with van der Waals surface area (Å²) in [6.45, 7) is 2.74. The molecule has 1 saturated heterocycles. The highest BCUT2D eigenvalue weighted by atomic mass is 35.5. The van der Waals surface area contributed by atoms with Crippen molar-refractivity contribution in [1.29, 1.82) is 0 Å². The number of pyridine rings is 1. The van der Waals surface area contributed by atoms with Crippen molar-refractivity contribution in [2.24, 2.45) is 0 Å². The van der Waals surface area contributed by atoms with E-state index in [0.717, 1.165) is 42.0 Å². The Hall–Kier alpha value is -2.99. The van der Waals surface area contributed by atoms with Crippen LogP contribution in [0.1, 0.15) is 42.1 Å². The third-order valence-electron chi connectivity index (χ3n) is 5.34. The van der Waals surface area contributed by atoms with Crippen LogP contribution >= 0.6 is 11.6 Å². The molecule has 0 aliphatic carbocycles. The van der Waals surface area contributed by atoms with Gasteiger partial charge in [0, 0.05) is 24.2 Å². The number of halogens is 1. The molecule has 7 heteroatoms. The first-order valence-corrected chi connectivity index (χ1v) is 10.5. The predicted octanol–water partition coefficient (Wildman–Crippen LogP) is 4.87. The summed E-state index contributed by atoms with van der Waals surface area (Å²) in [6, 6.07) is 11.5. The minimum atomic E-state index is -0.0454. The fraction of sp³-hybridized carbons (Fsp3) is 0.304. The third kappa shape index (κ3) is 4.76. The lowest BCUT2D eigenvalue weighted by Crippen LogP contribution is -2.31. The van der Waals surface area contributed by atoms with Crippen LogP contribution in [0.25, 0.3) is 0 Å². The molecule has 30 heavy (non-hydrogen) atoms. The largest absolute Gasteiger partial charge is 0.334 e. The van der Waals surface area contributed by atoms with E-state index >= 15 is 0 Å². The first kappa shape index (κ1) is 20.3. The summed E-state index contributed by atoms with van der Waals surface area (Å²) >= 11 is 6.05. The topological polar surface area (TPSA) is 71.0 Å². The van der Waals surface area contributed by atoms with Crippen LogP contribution in [0.5, 0.6) is 0 Å². The van der Waals surface area contributed by atoms with Gasteiger partial charge in [0.25, 0.3) is 0 Å². The molecule has 0 radical (unpaired) electrons. The maximum absolute atomic E-state index is 12.9. The molecule has 1 atom stereocenters. The van der Waals surface area contributed by atoms with Crippen molar-refractivity contribution in [3.63, 3.8) is 0 Å². The number of likely N-dealkylation sites (tertiary alicyclic amines) is 1. The van der Waals surface area contributed by atoms with Crippen LogP contribution in [0.15, 0.2) is 55.0 Å². The van der Waals surface area contributed by atoms with E-state index in [1.807, 2.05) is 48.2 Å². The Kier molecular flexibility index (Phi) is 6.23. The summed E-state index contributed by atoms with van der Waals surface area (Å²) in [7, 11) is 0. The van der Waals surface area contributed by atoms with Gasteiger partial charge in [0.15, 0.2) is 0 Å². The van der Waals surface area contributed by atoms with Gasteiger partial charge in [-0.1, -0.05) is 29.8 Å². The third-order valence-corrected chi connectivity index (χ3v) is 5.58. The molecule has 154 valence electrons. The molecule has 1 aliphatic rings. The van der Waals surface area contributed by atoms with Gasteiger partial charge in [0.2, 0.25) is 5.91 Å². The van der Waals surface area contributed by atoms with Crippen molar-refractivity contribution < 1.29 is 4.79 Å². The fourth-order valence-corrected chi connectivity index (χ4v) is 4.01. The van der Waals surface area contributed by atoms with Crippen LogP contribution in [0.2, 0.25) is 5.02 Å². The van der Waals surface area contributed by atoms with Crippen molar-refractivity contribution in [2.75, 3.05) is 11.9 Å². The summed E-state index contributed by atoms with van der Waals surface area (Å²) in [5, 5.41) is 3.93. The van der Waals surface area contributed by atoms with E-state index in [-0.39, 0.29) is 11.9 Å². The molecule has 4 rings (SSSR count). The molecule has 1 aromatic carbocycles. The Morgan fingerprint density at radius 2 is 2.17 bits per heavy atom. The quantitative estimate of drug-likeness (QED) is 0.614. The monoisotopic (exact) mass is 421 g/mol. The molecule has 3 heterocycles. The SMILES string of the molecule is Cc1cccnc1Nc1cncc([C@H]2CCCN2C(=O)CCc2cccc(Cl)c2)n1. The number of nitrogens with zero attached hydrogens (tertiary/aromatic N) is 4. The lowest BCUT2D eigenvalue weighted by molar-refractivity contribution is -0.132. The molecule has 6 nitrogen and oxygen atoms in total. The van der Waals surface area contributed by atoms with Gasteiger partial charge < -0.3 is 10.2 Å². The van der Waals surface area contributed by atoms with E-state index in [0.29, 0.717) is 23.7 Å². The number of hydrogen-bond donors (Lipinski definition) is 1. The molecule has 1 fully saturated rings. The second kappa shape index (κ2) is 9.22. The predicted molar refractivity (Wildman–Crippen MR) is 118 cm³/mol. The van der Waals surface area contributed by atoms with Crippen LogP contribution in [0, 0.1) is 6.92 Å². The highest BCUT2D eigenvalue weighted by molar-refractivity contribution is 6.30. The standard InChI is InChI=1S/C23H24ClN5O/c1-16-5-3-11-26-23(16)28-21-15-25-14-19(27-21)20-8-4-12-29(20)22(30)10-9-17-6-2-7-18(24)13-17/h2-3,5-7,11,13-15,20H,4,8-10,12H2,1H3,(H,26,27,28)/t20-/m1/s1. The summed E-state index contributed by atoms with van der Waals surface area (Å²) in [5.74, 6) is 1.52. The van der Waals surface area contributed by atoms with E-state index < -0.39 is 0 Å². The highest BCUT2D eigenvalue weighted by Crippen LogP contribution is 2.32. The summed E-state index contributed by atoms with van der Waals surface area (Å²) < 4.78 is 0. The van der Waals surface area contributed by atoms with Crippen molar-refractivity contribution in [1.82, 2.24) is 19.9 Å². The zero-order valence-corrected chi connectivity index (χ0v) is 17.6. The number of benzene rings is 1. The zero-order chi connectivity index (χ0) is 20.9. The summed E-state index contributed by atoms with van der Waals surface area (Å²) in [4.78, 5) is 28.3. The Morgan fingerprint density at radius 1 is 1.27 bits per heavy atom. The maximum atomic E-state index is 12.9. The van der Waals surface area contributed by atoms with E-state index in [1.54, 1.807) is 18.6 Å². The molecular formula is C23H24ClN5O. The number of carbonyl (C=O) groups is 1. The number of aryl methyl sites for hydroxylation is 2. The molecule has 1 N–H and O–H groups in total. The van der Waals surface area contributed by atoms with Crippen LogP contribution < -0.4 is 5.32 Å². The van der Waals surface area contributed by atoms with E-state index in [1.165, 1.54) is 0 Å². The smallest absolute Gasteiger partial charge is 0.223 e. The molecule has 0 unspecified atom stereocenters. The lowest BCUT2D eigenvalue weighted by atomic mass is 10.1. The Balaban J connectivity index is 1.45. The van der Waals surface area contributed by atoms with Crippen molar-refractivity contribution in [3.8, 4) is 0 Å². The normalized spacial score (nSPS) is 15.9. The van der Waals surface area contributed by atoms with Gasteiger partial charge >= 0.3 is 0 Å². The minimum Gasteiger partial charge on any atom is -0.334 e. The molecular weight excluding hydrogens is 398 g/mol. The van der Waals surface area contributed by atoms with Crippen LogP contribution in [-0.2, 0) is 11.2 Å². The Labute approximate surface area is 181 Å². The molecule has 0 spiro atoms. The average Bonchev–Trinajstić information content (AvgIpc) is 3.24. The first-order valence-electron chi connectivity index (χ1n) is 10.1. The van der Waals surface area contributed by atoms with E-state index in [4.69, 9.17) is 16.6 Å². The molecule has 2 aromatic heterocycles. The number of anilines is 2. The maximum Gasteiger partial charge on any atom is 0.223 e. The Bertz CT molecular complexity index is 1040. The molecule has 0 saturated carbocycles. The average molecular weight is 422 g/mol. The van der Waals surface area contributed by atoms with Crippen molar-refractivity contribution in [3.05, 3.63) is 76.8 Å².